The summed E-state index contributed by atoms with van der Waals surface area (Å²) in [5.74, 6) is -2.73. The van der Waals surface area contributed by atoms with Crippen LogP contribution in [0.3, 0.4) is 0 Å². The van der Waals surface area contributed by atoms with Crippen LogP contribution in [0, 0.1) is 6.92 Å². The molecule has 18 heavy (non-hydrogen) atoms. The summed E-state index contributed by atoms with van der Waals surface area (Å²) in [5.41, 5.74) is 0.728. The van der Waals surface area contributed by atoms with Gasteiger partial charge in [-0.2, -0.15) is 0 Å². The number of benzene rings is 1. The Hall–Kier alpha value is -1.16. The molecule has 1 aromatic carbocycles. The van der Waals surface area contributed by atoms with Gasteiger partial charge in [-0.3, -0.25) is 0 Å². The monoisotopic (exact) mass is 256 g/mol. The number of alkyl halides is 2. The van der Waals surface area contributed by atoms with Gasteiger partial charge in [0.1, 0.15) is 5.75 Å². The highest BCUT2D eigenvalue weighted by atomic mass is 19.3. The average Bonchev–Trinajstić information content (AvgIpc) is 2.97. The molecule has 2 rings (SSSR count). The van der Waals surface area contributed by atoms with Gasteiger partial charge in [0.05, 0.1) is 18.3 Å². The number of halogens is 2. The molecule has 2 nitrogen and oxygen atoms in total. The summed E-state index contributed by atoms with van der Waals surface area (Å²) < 4.78 is 32.2. The summed E-state index contributed by atoms with van der Waals surface area (Å²) >= 11 is 0. The Morgan fingerprint density at radius 3 is 2.44 bits per heavy atom. The van der Waals surface area contributed by atoms with Gasteiger partial charge in [-0.1, -0.05) is 6.07 Å². The first-order chi connectivity index (χ1) is 8.27. The van der Waals surface area contributed by atoms with Crippen molar-refractivity contribution < 1.29 is 18.6 Å². The molecule has 1 aliphatic carbocycles. The molecule has 1 aliphatic rings. The zero-order valence-electron chi connectivity index (χ0n) is 10.9. The van der Waals surface area contributed by atoms with Crippen LogP contribution in [0.1, 0.15) is 36.5 Å². The summed E-state index contributed by atoms with van der Waals surface area (Å²) in [4.78, 5) is 0. The van der Waals surface area contributed by atoms with Gasteiger partial charge < -0.3 is 9.84 Å². The minimum atomic E-state index is -2.94. The highest BCUT2D eigenvalue weighted by Crippen LogP contribution is 2.44. The van der Waals surface area contributed by atoms with Crippen LogP contribution in [0.2, 0.25) is 0 Å². The lowest BCUT2D eigenvalue weighted by Crippen LogP contribution is -2.16. The Morgan fingerprint density at radius 1 is 1.39 bits per heavy atom. The Morgan fingerprint density at radius 2 is 2.00 bits per heavy atom. The summed E-state index contributed by atoms with van der Waals surface area (Å²) in [5, 5.41) is 9.98. The fourth-order valence-electron chi connectivity index (χ4n) is 2.17. The van der Waals surface area contributed by atoms with E-state index < -0.39 is 11.5 Å². The van der Waals surface area contributed by atoms with Crippen molar-refractivity contribution in [1.29, 1.82) is 0 Å². The summed E-state index contributed by atoms with van der Waals surface area (Å²) in [7, 11) is 1.39. The van der Waals surface area contributed by atoms with Gasteiger partial charge in [0.15, 0.2) is 0 Å². The van der Waals surface area contributed by atoms with Crippen molar-refractivity contribution in [3.8, 4) is 5.75 Å². The molecule has 0 atom stereocenters. The Labute approximate surface area is 106 Å². The zero-order chi connectivity index (χ0) is 13.6. The van der Waals surface area contributed by atoms with Crippen molar-refractivity contribution in [2.24, 2.45) is 0 Å². The molecule has 0 bridgehead atoms. The van der Waals surface area contributed by atoms with E-state index in [0.29, 0.717) is 12.0 Å². The average molecular weight is 256 g/mol. The Bertz CT molecular complexity index is 460. The lowest BCUT2D eigenvalue weighted by Gasteiger charge is -2.21. The van der Waals surface area contributed by atoms with Crippen molar-refractivity contribution in [1.82, 2.24) is 0 Å². The molecule has 0 saturated heterocycles. The SMILES string of the molecule is COc1c(C(C)(F)F)ccc(C)c1CC1(O)CC1. The van der Waals surface area contributed by atoms with Gasteiger partial charge in [-0.15, -0.1) is 0 Å². The first kappa shape index (κ1) is 13.3. The third-order valence-electron chi connectivity index (χ3n) is 3.50. The third kappa shape index (κ3) is 2.48. The molecular formula is C14H18F2O2. The lowest BCUT2D eigenvalue weighted by atomic mass is 9.95. The Kier molecular flexibility index (Phi) is 3.09. The minimum absolute atomic E-state index is 0.116. The van der Waals surface area contributed by atoms with Gasteiger partial charge >= 0.3 is 0 Å². The molecular weight excluding hydrogens is 238 g/mol. The second kappa shape index (κ2) is 4.19. The van der Waals surface area contributed by atoms with E-state index >= 15 is 0 Å². The van der Waals surface area contributed by atoms with E-state index in [1.54, 1.807) is 6.07 Å². The van der Waals surface area contributed by atoms with Crippen molar-refractivity contribution in [2.45, 2.75) is 44.6 Å². The first-order valence-electron chi connectivity index (χ1n) is 6.04. The maximum Gasteiger partial charge on any atom is 0.274 e. The van der Waals surface area contributed by atoms with Crippen LogP contribution in [0.15, 0.2) is 12.1 Å². The highest BCUT2D eigenvalue weighted by molar-refractivity contribution is 5.49. The van der Waals surface area contributed by atoms with Crippen LogP contribution >= 0.6 is 0 Å². The van der Waals surface area contributed by atoms with Crippen LogP contribution in [-0.4, -0.2) is 17.8 Å². The lowest BCUT2D eigenvalue weighted by molar-refractivity contribution is 0.0148. The minimum Gasteiger partial charge on any atom is -0.496 e. The topological polar surface area (TPSA) is 29.5 Å². The molecule has 1 saturated carbocycles. The standard InChI is InChI=1S/C14H18F2O2/c1-9-4-5-11(13(2,15)16)12(18-3)10(9)8-14(17)6-7-14/h4-5,17H,6-8H2,1-3H3. The Balaban J connectivity index is 2.49. The third-order valence-corrected chi connectivity index (χ3v) is 3.50. The number of ether oxygens (including phenoxy) is 1. The molecule has 4 heteroatoms. The van der Waals surface area contributed by atoms with E-state index in [2.05, 4.69) is 0 Å². The molecule has 100 valence electrons. The van der Waals surface area contributed by atoms with Crippen molar-refractivity contribution in [2.75, 3.05) is 7.11 Å². The van der Waals surface area contributed by atoms with E-state index in [-0.39, 0.29) is 11.3 Å². The van der Waals surface area contributed by atoms with E-state index in [1.165, 1.54) is 13.2 Å². The second-order valence-electron chi connectivity index (χ2n) is 5.23. The predicted octanol–water partition coefficient (Wildman–Crippen LogP) is 3.18. The number of hydrogen-bond acceptors (Lipinski definition) is 2. The van der Waals surface area contributed by atoms with Gasteiger partial charge in [0.25, 0.3) is 5.92 Å². The first-order valence-corrected chi connectivity index (χ1v) is 6.04. The molecule has 0 heterocycles. The van der Waals surface area contributed by atoms with Crippen molar-refractivity contribution in [3.05, 3.63) is 28.8 Å². The molecule has 0 aromatic heterocycles. The predicted molar refractivity (Wildman–Crippen MR) is 65.2 cm³/mol. The second-order valence-corrected chi connectivity index (χ2v) is 5.23. The van der Waals surface area contributed by atoms with Crippen LogP contribution in [0.4, 0.5) is 8.78 Å². The van der Waals surface area contributed by atoms with Gasteiger partial charge in [-0.05, 0) is 31.4 Å². The number of aryl methyl sites for hydroxylation is 1. The normalized spacial score (nSPS) is 17.7. The smallest absolute Gasteiger partial charge is 0.274 e. The molecule has 0 spiro atoms. The van der Waals surface area contributed by atoms with Crippen LogP contribution < -0.4 is 4.74 Å². The van der Waals surface area contributed by atoms with Gasteiger partial charge in [0.2, 0.25) is 0 Å². The van der Waals surface area contributed by atoms with E-state index in [9.17, 15) is 13.9 Å². The fraction of sp³-hybridized carbons (Fsp3) is 0.571. The largest absolute Gasteiger partial charge is 0.496 e. The summed E-state index contributed by atoms with van der Waals surface area (Å²) in [6, 6.07) is 3.06. The van der Waals surface area contributed by atoms with E-state index in [4.69, 9.17) is 4.74 Å². The molecule has 1 fully saturated rings. The fourth-order valence-corrected chi connectivity index (χ4v) is 2.17. The summed E-state index contributed by atoms with van der Waals surface area (Å²) in [6.07, 6.45) is 1.83. The number of methoxy groups -OCH3 is 1. The van der Waals surface area contributed by atoms with Crippen LogP contribution in [0.25, 0.3) is 0 Å². The van der Waals surface area contributed by atoms with E-state index in [1.807, 2.05) is 6.92 Å². The van der Waals surface area contributed by atoms with Gasteiger partial charge in [0, 0.05) is 18.9 Å². The molecule has 0 aliphatic heterocycles. The van der Waals surface area contributed by atoms with Crippen LogP contribution in [0.5, 0.6) is 5.75 Å². The molecule has 0 radical (unpaired) electrons. The number of aliphatic hydroxyl groups is 1. The molecule has 0 unspecified atom stereocenters. The zero-order valence-corrected chi connectivity index (χ0v) is 10.9. The number of hydrogen-bond donors (Lipinski definition) is 1. The number of rotatable bonds is 4. The molecule has 1 N–H and O–H groups in total. The van der Waals surface area contributed by atoms with Crippen LogP contribution in [-0.2, 0) is 12.3 Å². The van der Waals surface area contributed by atoms with Crippen molar-refractivity contribution >= 4 is 0 Å². The molecule has 1 aromatic rings. The van der Waals surface area contributed by atoms with Gasteiger partial charge in [-0.25, -0.2) is 8.78 Å². The highest BCUT2D eigenvalue weighted by Gasteiger charge is 2.42. The van der Waals surface area contributed by atoms with Crippen molar-refractivity contribution in [3.63, 3.8) is 0 Å². The molecule has 0 amide bonds. The quantitative estimate of drug-likeness (QED) is 0.896. The summed E-state index contributed by atoms with van der Waals surface area (Å²) in [6.45, 7) is 2.71. The maximum absolute atomic E-state index is 13.5. The van der Waals surface area contributed by atoms with E-state index in [0.717, 1.165) is 25.3 Å². The maximum atomic E-state index is 13.5.